The molecule has 2 aromatic rings. The lowest BCUT2D eigenvalue weighted by molar-refractivity contribution is -0.123. The van der Waals surface area contributed by atoms with Gasteiger partial charge in [-0.2, -0.15) is 11.3 Å². The van der Waals surface area contributed by atoms with Crippen molar-refractivity contribution in [3.05, 3.63) is 46.7 Å². The SMILES string of the molecule is CCOc1ccc(NC(=O)CNC(=O)CNC(=O)c2ccsc2)cc1. The van der Waals surface area contributed by atoms with Crippen LogP contribution in [0.15, 0.2) is 41.1 Å². The maximum absolute atomic E-state index is 11.8. The Kier molecular flexibility index (Phi) is 6.97. The molecule has 0 saturated heterocycles. The molecule has 132 valence electrons. The van der Waals surface area contributed by atoms with Crippen LogP contribution in [0, 0.1) is 0 Å². The van der Waals surface area contributed by atoms with Crippen molar-refractivity contribution < 1.29 is 19.1 Å². The molecule has 0 aliphatic heterocycles. The summed E-state index contributed by atoms with van der Waals surface area (Å²) in [5, 5.41) is 11.1. The first-order valence-electron chi connectivity index (χ1n) is 7.68. The minimum atomic E-state index is -0.439. The molecule has 7 nitrogen and oxygen atoms in total. The fraction of sp³-hybridized carbons (Fsp3) is 0.235. The van der Waals surface area contributed by atoms with Crippen LogP contribution >= 0.6 is 11.3 Å². The molecule has 0 spiro atoms. The number of carbonyl (C=O) groups is 3. The van der Waals surface area contributed by atoms with E-state index in [9.17, 15) is 14.4 Å². The van der Waals surface area contributed by atoms with Gasteiger partial charge in [0.2, 0.25) is 11.8 Å². The van der Waals surface area contributed by atoms with Gasteiger partial charge in [-0.1, -0.05) is 0 Å². The third-order valence-electron chi connectivity index (χ3n) is 3.09. The van der Waals surface area contributed by atoms with Crippen molar-refractivity contribution in [3.63, 3.8) is 0 Å². The maximum atomic E-state index is 11.8. The predicted octanol–water partition coefficient (Wildman–Crippen LogP) is 1.63. The number of amides is 3. The maximum Gasteiger partial charge on any atom is 0.252 e. The first-order valence-corrected chi connectivity index (χ1v) is 8.62. The monoisotopic (exact) mass is 361 g/mol. The summed E-state index contributed by atoms with van der Waals surface area (Å²) in [4.78, 5) is 35.2. The average molecular weight is 361 g/mol. The van der Waals surface area contributed by atoms with E-state index >= 15 is 0 Å². The fourth-order valence-corrected chi connectivity index (χ4v) is 2.54. The highest BCUT2D eigenvalue weighted by Gasteiger charge is 2.09. The summed E-state index contributed by atoms with van der Waals surface area (Å²) >= 11 is 1.40. The second-order valence-corrected chi connectivity index (χ2v) is 5.76. The second-order valence-electron chi connectivity index (χ2n) is 4.98. The standard InChI is InChI=1S/C17H19N3O4S/c1-2-24-14-5-3-13(4-6-14)20-16(22)10-18-15(21)9-19-17(23)12-7-8-25-11-12/h3-8,11H,2,9-10H2,1H3,(H,18,21)(H,19,23)(H,20,22). The summed E-state index contributed by atoms with van der Waals surface area (Å²) in [6.07, 6.45) is 0. The Morgan fingerprint density at radius 2 is 1.72 bits per heavy atom. The van der Waals surface area contributed by atoms with Crippen LogP contribution in [0.25, 0.3) is 0 Å². The van der Waals surface area contributed by atoms with Gasteiger partial charge in [-0.15, -0.1) is 0 Å². The lowest BCUT2D eigenvalue weighted by Crippen LogP contribution is -2.40. The normalized spacial score (nSPS) is 9.96. The molecule has 0 aliphatic carbocycles. The van der Waals surface area contributed by atoms with Gasteiger partial charge >= 0.3 is 0 Å². The number of thiophene rings is 1. The highest BCUT2D eigenvalue weighted by atomic mass is 32.1. The van der Waals surface area contributed by atoms with Crippen LogP contribution in [-0.2, 0) is 9.59 Å². The van der Waals surface area contributed by atoms with Crippen LogP contribution in [0.2, 0.25) is 0 Å². The quantitative estimate of drug-likeness (QED) is 0.666. The van der Waals surface area contributed by atoms with E-state index in [0.717, 1.165) is 5.75 Å². The minimum Gasteiger partial charge on any atom is -0.494 e. The number of anilines is 1. The van der Waals surface area contributed by atoms with Gasteiger partial charge in [0.1, 0.15) is 5.75 Å². The molecule has 0 saturated carbocycles. The molecule has 3 N–H and O–H groups in total. The minimum absolute atomic E-state index is 0.180. The van der Waals surface area contributed by atoms with Gasteiger partial charge in [-0.3, -0.25) is 14.4 Å². The Morgan fingerprint density at radius 1 is 1.00 bits per heavy atom. The van der Waals surface area contributed by atoms with Crippen LogP contribution in [-0.4, -0.2) is 37.4 Å². The van der Waals surface area contributed by atoms with E-state index in [4.69, 9.17) is 4.74 Å². The Morgan fingerprint density at radius 3 is 2.36 bits per heavy atom. The van der Waals surface area contributed by atoms with Gasteiger partial charge in [-0.05, 0) is 42.6 Å². The molecule has 8 heteroatoms. The molecule has 1 heterocycles. The predicted molar refractivity (Wildman–Crippen MR) is 95.9 cm³/mol. The Hall–Kier alpha value is -2.87. The highest BCUT2D eigenvalue weighted by molar-refractivity contribution is 7.08. The van der Waals surface area contributed by atoms with Gasteiger partial charge in [-0.25, -0.2) is 0 Å². The number of benzene rings is 1. The molecule has 25 heavy (non-hydrogen) atoms. The molecule has 0 unspecified atom stereocenters. The van der Waals surface area contributed by atoms with Crippen LogP contribution in [0.4, 0.5) is 5.69 Å². The first kappa shape index (κ1) is 18.5. The number of nitrogens with one attached hydrogen (secondary N) is 3. The van der Waals surface area contributed by atoms with Gasteiger partial charge < -0.3 is 20.7 Å². The van der Waals surface area contributed by atoms with Crippen molar-refractivity contribution in [1.29, 1.82) is 0 Å². The van der Waals surface area contributed by atoms with Crippen LogP contribution in [0.5, 0.6) is 5.75 Å². The number of hydrogen-bond acceptors (Lipinski definition) is 5. The van der Waals surface area contributed by atoms with E-state index in [1.54, 1.807) is 41.1 Å². The summed E-state index contributed by atoms with van der Waals surface area (Å²) in [6.45, 7) is 2.09. The van der Waals surface area contributed by atoms with Crippen LogP contribution in [0.1, 0.15) is 17.3 Å². The smallest absolute Gasteiger partial charge is 0.252 e. The van der Waals surface area contributed by atoms with Gasteiger partial charge in [0.05, 0.1) is 19.7 Å². The van der Waals surface area contributed by atoms with Gasteiger partial charge in [0.15, 0.2) is 0 Å². The van der Waals surface area contributed by atoms with E-state index in [-0.39, 0.29) is 24.9 Å². The zero-order valence-corrected chi connectivity index (χ0v) is 14.5. The van der Waals surface area contributed by atoms with E-state index in [2.05, 4.69) is 16.0 Å². The summed E-state index contributed by atoms with van der Waals surface area (Å²) in [5.41, 5.74) is 1.11. The molecule has 1 aromatic carbocycles. The van der Waals surface area contributed by atoms with Crippen molar-refractivity contribution in [1.82, 2.24) is 10.6 Å². The number of carbonyl (C=O) groups excluding carboxylic acids is 3. The summed E-state index contributed by atoms with van der Waals surface area (Å²) in [5.74, 6) is -0.405. The lowest BCUT2D eigenvalue weighted by atomic mass is 10.3. The molecule has 2 rings (SSSR count). The zero-order chi connectivity index (χ0) is 18.1. The Balaban J connectivity index is 1.68. The molecular weight excluding hydrogens is 342 g/mol. The van der Waals surface area contributed by atoms with Crippen LogP contribution < -0.4 is 20.7 Å². The second kappa shape index (κ2) is 9.43. The lowest BCUT2D eigenvalue weighted by Gasteiger charge is -2.08. The molecular formula is C17H19N3O4S. The molecule has 0 aliphatic rings. The van der Waals surface area contributed by atoms with E-state index < -0.39 is 5.91 Å². The first-order chi connectivity index (χ1) is 12.1. The third kappa shape index (κ3) is 6.27. The largest absolute Gasteiger partial charge is 0.494 e. The highest BCUT2D eigenvalue weighted by Crippen LogP contribution is 2.15. The van der Waals surface area contributed by atoms with Crippen molar-refractivity contribution in [2.24, 2.45) is 0 Å². The van der Waals surface area contributed by atoms with Crippen molar-refractivity contribution in [2.75, 3.05) is 25.0 Å². The molecule has 0 fully saturated rings. The van der Waals surface area contributed by atoms with E-state index in [1.807, 2.05) is 6.92 Å². The third-order valence-corrected chi connectivity index (χ3v) is 3.77. The van der Waals surface area contributed by atoms with E-state index in [0.29, 0.717) is 17.9 Å². The Labute approximate surface area is 149 Å². The van der Waals surface area contributed by atoms with Crippen molar-refractivity contribution >= 4 is 34.7 Å². The van der Waals surface area contributed by atoms with Crippen molar-refractivity contribution in [2.45, 2.75) is 6.92 Å². The van der Waals surface area contributed by atoms with Gasteiger partial charge in [0, 0.05) is 16.6 Å². The van der Waals surface area contributed by atoms with Crippen molar-refractivity contribution in [3.8, 4) is 5.75 Å². The number of rotatable bonds is 8. The molecule has 1 aromatic heterocycles. The molecule has 0 radical (unpaired) electrons. The summed E-state index contributed by atoms with van der Waals surface area (Å²) in [6, 6.07) is 8.59. The fourth-order valence-electron chi connectivity index (χ4n) is 1.90. The van der Waals surface area contributed by atoms with Gasteiger partial charge in [0.25, 0.3) is 5.91 Å². The van der Waals surface area contributed by atoms with E-state index in [1.165, 1.54) is 11.3 Å². The molecule has 0 atom stereocenters. The Bertz CT molecular complexity index is 714. The molecule has 0 bridgehead atoms. The summed E-state index contributed by atoms with van der Waals surface area (Å²) in [7, 11) is 0. The van der Waals surface area contributed by atoms with Crippen LogP contribution in [0.3, 0.4) is 0 Å². The topological polar surface area (TPSA) is 96.5 Å². The molecule has 3 amide bonds. The number of hydrogen-bond donors (Lipinski definition) is 3. The number of ether oxygens (including phenoxy) is 1. The zero-order valence-electron chi connectivity index (χ0n) is 13.7. The summed E-state index contributed by atoms with van der Waals surface area (Å²) < 4.78 is 5.31. The average Bonchev–Trinajstić information content (AvgIpc) is 3.14.